The van der Waals surface area contributed by atoms with Crippen LogP contribution >= 0.6 is 0 Å². The van der Waals surface area contributed by atoms with Crippen molar-refractivity contribution < 1.29 is 9.18 Å². The smallest absolute Gasteiger partial charge is 0.251 e. The van der Waals surface area contributed by atoms with E-state index in [1.165, 1.54) is 12.1 Å². The Hall–Kier alpha value is -1.38. The second-order valence-corrected chi connectivity index (χ2v) is 2.98. The molecule has 3 heteroatoms. The minimum absolute atomic E-state index is 0.0255. The lowest BCUT2D eigenvalue weighted by Gasteiger charge is -2.05. The first kappa shape index (κ1) is 9.71. The van der Waals surface area contributed by atoms with Crippen molar-refractivity contribution in [3.63, 3.8) is 0 Å². The molecule has 70 valence electrons. The number of nitrogens with two attached hydrogens (primary N) is 1. The van der Waals surface area contributed by atoms with Crippen molar-refractivity contribution >= 4 is 5.91 Å². The standard InChI is InChI=1S/C10H12FNO/c1-3-7-5-8(10(12)13)9(11)4-6(7)2/h4-5H,3H2,1-2H3,(H2,12,13). The molecule has 2 N–H and O–H groups in total. The molecule has 2 nitrogen and oxygen atoms in total. The lowest BCUT2D eigenvalue weighted by molar-refractivity contribution is 0.0996. The number of halogens is 1. The summed E-state index contributed by atoms with van der Waals surface area (Å²) in [5.41, 5.74) is 6.79. The molecule has 0 aliphatic rings. The van der Waals surface area contributed by atoms with E-state index in [-0.39, 0.29) is 5.56 Å². The molecule has 0 bridgehead atoms. The SMILES string of the molecule is CCc1cc(C(N)=O)c(F)cc1C. The van der Waals surface area contributed by atoms with E-state index in [2.05, 4.69) is 0 Å². The molecule has 0 saturated heterocycles. The Morgan fingerprint density at radius 2 is 2.15 bits per heavy atom. The van der Waals surface area contributed by atoms with Crippen molar-refractivity contribution in [3.8, 4) is 0 Å². The van der Waals surface area contributed by atoms with Crippen LogP contribution in [0.15, 0.2) is 12.1 Å². The van der Waals surface area contributed by atoms with Gasteiger partial charge in [-0.3, -0.25) is 4.79 Å². The monoisotopic (exact) mass is 181 g/mol. The summed E-state index contributed by atoms with van der Waals surface area (Å²) in [5.74, 6) is -1.26. The number of primary amides is 1. The average molecular weight is 181 g/mol. The maximum absolute atomic E-state index is 13.1. The van der Waals surface area contributed by atoms with Crippen LogP contribution < -0.4 is 5.73 Å². The number of carbonyl (C=O) groups excluding carboxylic acids is 1. The van der Waals surface area contributed by atoms with Gasteiger partial charge in [0.2, 0.25) is 0 Å². The van der Waals surface area contributed by atoms with Gasteiger partial charge in [0.15, 0.2) is 0 Å². The van der Waals surface area contributed by atoms with Gasteiger partial charge in [-0.05, 0) is 36.6 Å². The number of amides is 1. The van der Waals surface area contributed by atoms with Gasteiger partial charge in [-0.15, -0.1) is 0 Å². The van der Waals surface area contributed by atoms with E-state index < -0.39 is 11.7 Å². The number of rotatable bonds is 2. The van der Waals surface area contributed by atoms with Crippen molar-refractivity contribution in [2.24, 2.45) is 5.73 Å². The van der Waals surface area contributed by atoms with Crippen molar-refractivity contribution in [1.29, 1.82) is 0 Å². The fourth-order valence-corrected chi connectivity index (χ4v) is 1.29. The van der Waals surface area contributed by atoms with Crippen LogP contribution in [0.2, 0.25) is 0 Å². The van der Waals surface area contributed by atoms with Crippen LogP contribution in [-0.4, -0.2) is 5.91 Å². The van der Waals surface area contributed by atoms with Gasteiger partial charge in [0.25, 0.3) is 5.91 Å². The maximum atomic E-state index is 13.1. The zero-order valence-corrected chi connectivity index (χ0v) is 7.73. The lowest BCUT2D eigenvalue weighted by Crippen LogP contribution is -2.14. The molecule has 0 saturated carbocycles. The summed E-state index contributed by atoms with van der Waals surface area (Å²) in [6, 6.07) is 2.87. The molecule has 1 amide bonds. The van der Waals surface area contributed by atoms with Gasteiger partial charge in [0.1, 0.15) is 5.82 Å². The van der Waals surface area contributed by atoms with E-state index in [1.54, 1.807) is 0 Å². The second-order valence-electron chi connectivity index (χ2n) is 2.98. The number of benzene rings is 1. The predicted molar refractivity (Wildman–Crippen MR) is 49.0 cm³/mol. The minimum atomic E-state index is -0.716. The number of aryl methyl sites for hydroxylation is 2. The Kier molecular flexibility index (Phi) is 2.66. The molecule has 1 rings (SSSR count). The van der Waals surface area contributed by atoms with E-state index in [9.17, 15) is 9.18 Å². The minimum Gasteiger partial charge on any atom is -0.366 e. The third kappa shape index (κ3) is 1.86. The van der Waals surface area contributed by atoms with Gasteiger partial charge >= 0.3 is 0 Å². The van der Waals surface area contributed by atoms with E-state index in [0.717, 1.165) is 17.5 Å². The van der Waals surface area contributed by atoms with Crippen molar-refractivity contribution in [2.45, 2.75) is 20.3 Å². The molecule has 0 aromatic heterocycles. The Balaban J connectivity index is 3.30. The molecule has 13 heavy (non-hydrogen) atoms. The highest BCUT2D eigenvalue weighted by Crippen LogP contribution is 2.15. The summed E-state index contributed by atoms with van der Waals surface area (Å²) >= 11 is 0. The number of hydrogen-bond donors (Lipinski definition) is 1. The Morgan fingerprint density at radius 3 is 2.62 bits per heavy atom. The number of hydrogen-bond acceptors (Lipinski definition) is 1. The number of carbonyl (C=O) groups is 1. The van der Waals surface area contributed by atoms with Crippen molar-refractivity contribution in [1.82, 2.24) is 0 Å². The highest BCUT2D eigenvalue weighted by atomic mass is 19.1. The van der Waals surface area contributed by atoms with Crippen LogP contribution in [0.1, 0.15) is 28.4 Å². The second kappa shape index (κ2) is 3.56. The highest BCUT2D eigenvalue weighted by Gasteiger charge is 2.10. The third-order valence-corrected chi connectivity index (χ3v) is 2.07. The van der Waals surface area contributed by atoms with Crippen LogP contribution in [0.4, 0.5) is 4.39 Å². The zero-order valence-electron chi connectivity index (χ0n) is 7.73. The van der Waals surface area contributed by atoms with Crippen LogP contribution in [0.5, 0.6) is 0 Å². The average Bonchev–Trinajstić information content (AvgIpc) is 2.03. The predicted octanol–water partition coefficient (Wildman–Crippen LogP) is 1.80. The van der Waals surface area contributed by atoms with E-state index in [0.29, 0.717) is 0 Å². The summed E-state index contributed by atoms with van der Waals surface area (Å²) in [5, 5.41) is 0. The molecule has 1 aromatic carbocycles. The highest BCUT2D eigenvalue weighted by molar-refractivity contribution is 5.93. The molecule has 0 spiro atoms. The summed E-state index contributed by atoms with van der Waals surface area (Å²) in [4.78, 5) is 10.8. The third-order valence-electron chi connectivity index (χ3n) is 2.07. The van der Waals surface area contributed by atoms with Gasteiger partial charge in [-0.1, -0.05) is 6.92 Å². The molecular formula is C10H12FNO. The van der Waals surface area contributed by atoms with Gasteiger partial charge < -0.3 is 5.73 Å². The molecule has 0 radical (unpaired) electrons. The van der Waals surface area contributed by atoms with E-state index >= 15 is 0 Å². The molecule has 1 aromatic rings. The fraction of sp³-hybridized carbons (Fsp3) is 0.300. The molecule has 0 fully saturated rings. The Labute approximate surface area is 76.6 Å². The van der Waals surface area contributed by atoms with Crippen molar-refractivity contribution in [3.05, 3.63) is 34.6 Å². The van der Waals surface area contributed by atoms with Crippen molar-refractivity contribution in [2.75, 3.05) is 0 Å². The Bertz CT molecular complexity index is 347. The molecule has 0 atom stereocenters. The molecule has 0 heterocycles. The van der Waals surface area contributed by atoms with Gasteiger partial charge in [-0.25, -0.2) is 4.39 Å². The van der Waals surface area contributed by atoms with Gasteiger partial charge in [-0.2, -0.15) is 0 Å². The molecule has 0 aliphatic carbocycles. The summed E-state index contributed by atoms with van der Waals surface area (Å²) in [6.45, 7) is 3.76. The quantitative estimate of drug-likeness (QED) is 0.742. The summed E-state index contributed by atoms with van der Waals surface area (Å²) < 4.78 is 13.1. The first-order valence-electron chi connectivity index (χ1n) is 4.15. The summed E-state index contributed by atoms with van der Waals surface area (Å²) in [7, 11) is 0. The van der Waals surface area contributed by atoms with Gasteiger partial charge in [0, 0.05) is 0 Å². The largest absolute Gasteiger partial charge is 0.366 e. The zero-order chi connectivity index (χ0) is 10.0. The topological polar surface area (TPSA) is 43.1 Å². The first-order chi connectivity index (χ1) is 6.06. The van der Waals surface area contributed by atoms with Crippen LogP contribution in [-0.2, 0) is 6.42 Å². The van der Waals surface area contributed by atoms with E-state index in [4.69, 9.17) is 5.73 Å². The fourth-order valence-electron chi connectivity index (χ4n) is 1.29. The lowest BCUT2D eigenvalue weighted by atomic mass is 10.0. The van der Waals surface area contributed by atoms with Gasteiger partial charge in [0.05, 0.1) is 5.56 Å². The maximum Gasteiger partial charge on any atom is 0.251 e. The van der Waals surface area contributed by atoms with E-state index in [1.807, 2.05) is 13.8 Å². The first-order valence-corrected chi connectivity index (χ1v) is 4.15. The van der Waals surface area contributed by atoms with Crippen LogP contribution in [0.25, 0.3) is 0 Å². The normalized spacial score (nSPS) is 10.1. The molecular weight excluding hydrogens is 169 g/mol. The Morgan fingerprint density at radius 1 is 1.54 bits per heavy atom. The molecule has 0 unspecified atom stereocenters. The van der Waals surface area contributed by atoms with Crippen LogP contribution in [0.3, 0.4) is 0 Å². The summed E-state index contributed by atoms with van der Waals surface area (Å²) in [6.07, 6.45) is 0.770. The van der Waals surface area contributed by atoms with Crippen LogP contribution in [0, 0.1) is 12.7 Å². The molecule has 0 aliphatic heterocycles.